The van der Waals surface area contributed by atoms with Gasteiger partial charge in [-0.15, -0.1) is 0 Å². The number of allylic oxidation sites excluding steroid dienone is 4. The van der Waals surface area contributed by atoms with Crippen LogP contribution in [0.1, 0.15) is 24.0 Å². The molecule has 0 nitrogen and oxygen atoms in total. The molecule has 1 aromatic rings. The van der Waals surface area contributed by atoms with Crippen molar-refractivity contribution in [3.05, 3.63) is 66.1 Å². The quantitative estimate of drug-likeness (QED) is 0.669. The Morgan fingerprint density at radius 3 is 2.41 bits per heavy atom. The molecule has 1 saturated carbocycles. The number of rotatable bonds is 1. The van der Waals surface area contributed by atoms with Crippen LogP contribution in [0, 0.1) is 31.1 Å². The van der Waals surface area contributed by atoms with E-state index in [4.69, 9.17) is 0 Å². The normalized spacial score (nSPS) is 34.9. The molecular formula is C17H18. The second-order valence-corrected chi connectivity index (χ2v) is 5.29. The molecule has 2 radical (unpaired) electrons. The highest BCUT2D eigenvalue weighted by Crippen LogP contribution is 2.48. The first-order valence-electron chi connectivity index (χ1n) is 6.43. The van der Waals surface area contributed by atoms with E-state index in [1.54, 1.807) is 0 Å². The Bertz CT molecular complexity index is 449. The van der Waals surface area contributed by atoms with Crippen LogP contribution < -0.4 is 0 Å². The summed E-state index contributed by atoms with van der Waals surface area (Å²) in [4.78, 5) is 0. The minimum absolute atomic E-state index is 0.484. The largest absolute Gasteiger partial charge is 0.0805 e. The van der Waals surface area contributed by atoms with Gasteiger partial charge in [0.25, 0.3) is 0 Å². The Morgan fingerprint density at radius 2 is 1.71 bits per heavy atom. The van der Waals surface area contributed by atoms with Crippen LogP contribution in [-0.4, -0.2) is 0 Å². The number of aryl methyl sites for hydroxylation is 1. The Balaban J connectivity index is 1.88. The SMILES string of the molecule is Cc1ccc(C2[C]C3C=CC=CC3C2C)cc1. The lowest BCUT2D eigenvalue weighted by Gasteiger charge is -2.20. The molecule has 4 atom stereocenters. The monoisotopic (exact) mass is 222 g/mol. The lowest BCUT2D eigenvalue weighted by Crippen LogP contribution is -2.12. The van der Waals surface area contributed by atoms with Crippen molar-refractivity contribution in [2.45, 2.75) is 19.8 Å². The first kappa shape index (κ1) is 10.8. The molecule has 0 aliphatic heterocycles. The maximum atomic E-state index is 3.74. The highest BCUT2D eigenvalue weighted by atomic mass is 14.4. The molecule has 3 rings (SSSR count). The van der Waals surface area contributed by atoms with E-state index in [0.29, 0.717) is 23.7 Å². The number of hydrogen-bond acceptors (Lipinski definition) is 0. The van der Waals surface area contributed by atoms with Crippen molar-refractivity contribution in [3.63, 3.8) is 0 Å². The third-order valence-corrected chi connectivity index (χ3v) is 4.12. The van der Waals surface area contributed by atoms with E-state index in [9.17, 15) is 0 Å². The molecule has 0 aromatic heterocycles. The second-order valence-electron chi connectivity index (χ2n) is 5.29. The standard InChI is InChI=1S/C17H18/c1-12-7-9-14(10-8-12)17-11-15-5-3-4-6-16(15)13(17)2/h3-10,13,15-17H,1-2H3. The van der Waals surface area contributed by atoms with Gasteiger partial charge in [0.2, 0.25) is 0 Å². The highest BCUT2D eigenvalue weighted by molar-refractivity contribution is 5.33. The van der Waals surface area contributed by atoms with E-state index in [-0.39, 0.29) is 0 Å². The van der Waals surface area contributed by atoms with E-state index < -0.39 is 0 Å². The summed E-state index contributed by atoms with van der Waals surface area (Å²) >= 11 is 0. The number of benzene rings is 1. The minimum Gasteiger partial charge on any atom is -0.0805 e. The van der Waals surface area contributed by atoms with Gasteiger partial charge < -0.3 is 0 Å². The summed E-state index contributed by atoms with van der Waals surface area (Å²) in [7, 11) is 0. The maximum Gasteiger partial charge on any atom is -0.000890 e. The summed E-state index contributed by atoms with van der Waals surface area (Å²) in [6.07, 6.45) is 12.7. The molecule has 0 spiro atoms. The molecule has 0 saturated heterocycles. The molecule has 0 heteroatoms. The van der Waals surface area contributed by atoms with Gasteiger partial charge in [0.05, 0.1) is 0 Å². The van der Waals surface area contributed by atoms with Gasteiger partial charge in [-0.05, 0) is 42.6 Å². The Labute approximate surface area is 104 Å². The van der Waals surface area contributed by atoms with Gasteiger partial charge in [0.15, 0.2) is 0 Å². The lowest BCUT2D eigenvalue weighted by atomic mass is 9.84. The van der Waals surface area contributed by atoms with E-state index >= 15 is 0 Å². The zero-order chi connectivity index (χ0) is 11.8. The lowest BCUT2D eigenvalue weighted by molar-refractivity contribution is 0.431. The van der Waals surface area contributed by atoms with Crippen LogP contribution in [0.4, 0.5) is 0 Å². The average Bonchev–Trinajstić information content (AvgIpc) is 2.69. The van der Waals surface area contributed by atoms with Crippen molar-refractivity contribution in [2.24, 2.45) is 17.8 Å². The van der Waals surface area contributed by atoms with E-state index in [1.165, 1.54) is 11.1 Å². The molecule has 0 amide bonds. The molecular weight excluding hydrogens is 204 g/mol. The average molecular weight is 222 g/mol. The molecule has 1 aromatic carbocycles. The molecule has 86 valence electrons. The molecule has 0 bridgehead atoms. The first-order valence-corrected chi connectivity index (χ1v) is 6.43. The van der Waals surface area contributed by atoms with Gasteiger partial charge in [-0.1, -0.05) is 61.1 Å². The third kappa shape index (κ3) is 1.86. The molecule has 0 N–H and O–H groups in total. The minimum atomic E-state index is 0.484. The highest BCUT2D eigenvalue weighted by Gasteiger charge is 2.39. The van der Waals surface area contributed by atoms with Crippen LogP contribution in [0.3, 0.4) is 0 Å². The van der Waals surface area contributed by atoms with Crippen LogP contribution in [-0.2, 0) is 0 Å². The molecule has 2 aliphatic carbocycles. The molecule has 0 heterocycles. The zero-order valence-electron chi connectivity index (χ0n) is 10.4. The topological polar surface area (TPSA) is 0 Å². The van der Waals surface area contributed by atoms with Crippen molar-refractivity contribution >= 4 is 0 Å². The summed E-state index contributed by atoms with van der Waals surface area (Å²) < 4.78 is 0. The van der Waals surface area contributed by atoms with Crippen LogP contribution in [0.15, 0.2) is 48.6 Å². The summed E-state index contributed by atoms with van der Waals surface area (Å²) in [5.74, 6) is 2.30. The van der Waals surface area contributed by atoms with Gasteiger partial charge >= 0.3 is 0 Å². The van der Waals surface area contributed by atoms with E-state index in [0.717, 1.165) is 0 Å². The predicted molar refractivity (Wildman–Crippen MR) is 71.6 cm³/mol. The predicted octanol–water partition coefficient (Wildman–Crippen LogP) is 4.17. The van der Waals surface area contributed by atoms with Crippen molar-refractivity contribution in [2.75, 3.05) is 0 Å². The second kappa shape index (κ2) is 4.18. The Morgan fingerprint density at radius 1 is 1.00 bits per heavy atom. The van der Waals surface area contributed by atoms with E-state index in [1.807, 2.05) is 0 Å². The summed E-state index contributed by atoms with van der Waals surface area (Å²) in [5, 5.41) is 0. The molecule has 4 unspecified atom stereocenters. The van der Waals surface area contributed by atoms with Crippen molar-refractivity contribution < 1.29 is 0 Å². The zero-order valence-corrected chi connectivity index (χ0v) is 10.4. The smallest absolute Gasteiger partial charge is 0.000890 e. The Kier molecular flexibility index (Phi) is 2.66. The summed E-state index contributed by atoms with van der Waals surface area (Å²) in [6.45, 7) is 4.49. The number of fused-ring (bicyclic) bond motifs is 1. The van der Waals surface area contributed by atoms with Crippen molar-refractivity contribution in [1.29, 1.82) is 0 Å². The van der Waals surface area contributed by atoms with Gasteiger partial charge in [-0.25, -0.2) is 0 Å². The molecule has 17 heavy (non-hydrogen) atoms. The van der Waals surface area contributed by atoms with Gasteiger partial charge in [-0.3, -0.25) is 0 Å². The van der Waals surface area contributed by atoms with Crippen molar-refractivity contribution in [3.8, 4) is 0 Å². The first-order chi connectivity index (χ1) is 8.25. The van der Waals surface area contributed by atoms with Crippen LogP contribution in [0.25, 0.3) is 0 Å². The van der Waals surface area contributed by atoms with E-state index in [2.05, 4.69) is 68.8 Å². The third-order valence-electron chi connectivity index (χ3n) is 4.12. The van der Waals surface area contributed by atoms with Crippen LogP contribution in [0.2, 0.25) is 0 Å². The maximum absolute atomic E-state index is 3.74. The molecule has 1 fully saturated rings. The Hall–Kier alpha value is -1.30. The molecule has 2 aliphatic rings. The van der Waals surface area contributed by atoms with Gasteiger partial charge in [-0.2, -0.15) is 0 Å². The summed E-state index contributed by atoms with van der Waals surface area (Å²) in [6, 6.07) is 8.93. The number of hydrogen-bond donors (Lipinski definition) is 0. The van der Waals surface area contributed by atoms with Gasteiger partial charge in [0, 0.05) is 0 Å². The van der Waals surface area contributed by atoms with Crippen LogP contribution >= 0.6 is 0 Å². The fourth-order valence-corrected chi connectivity index (χ4v) is 3.05. The summed E-state index contributed by atoms with van der Waals surface area (Å²) in [5.41, 5.74) is 2.75. The fraction of sp³-hybridized carbons (Fsp3) is 0.353. The van der Waals surface area contributed by atoms with Crippen molar-refractivity contribution in [1.82, 2.24) is 0 Å². The van der Waals surface area contributed by atoms with Gasteiger partial charge in [0.1, 0.15) is 0 Å². The van der Waals surface area contributed by atoms with Crippen LogP contribution in [0.5, 0.6) is 0 Å². The fourth-order valence-electron chi connectivity index (χ4n) is 3.05.